The fraction of sp³-hybridized carbons (Fsp3) is 0.444. The maximum absolute atomic E-state index is 11.8. The number of nitrogens with one attached hydrogen (secondary N) is 2. The van der Waals surface area contributed by atoms with Gasteiger partial charge in [-0.25, -0.2) is 9.97 Å². The summed E-state index contributed by atoms with van der Waals surface area (Å²) >= 11 is 7.52. The summed E-state index contributed by atoms with van der Waals surface area (Å²) in [7, 11) is 3.40. The Labute approximate surface area is 173 Å². The SMILES string of the molecule is CC=O.CNCCC(=O)Nc1nc2c(s1)CN(c1cnc(Cl)c(OC)c1)CC2. The highest BCUT2D eigenvalue weighted by Crippen LogP contribution is 2.33. The second kappa shape index (κ2) is 10.9. The summed E-state index contributed by atoms with van der Waals surface area (Å²) in [5, 5.41) is 6.86. The van der Waals surface area contributed by atoms with Gasteiger partial charge in [-0.15, -0.1) is 0 Å². The van der Waals surface area contributed by atoms with Gasteiger partial charge in [0.25, 0.3) is 0 Å². The van der Waals surface area contributed by atoms with E-state index in [2.05, 4.69) is 25.5 Å². The fourth-order valence-electron chi connectivity index (χ4n) is 2.62. The van der Waals surface area contributed by atoms with Gasteiger partial charge in [0.2, 0.25) is 5.91 Å². The van der Waals surface area contributed by atoms with E-state index in [1.165, 1.54) is 18.3 Å². The number of fused-ring (bicyclic) bond motifs is 1. The maximum atomic E-state index is 11.8. The number of pyridine rings is 1. The average Bonchev–Trinajstić information content (AvgIpc) is 3.08. The number of aromatic nitrogens is 2. The zero-order chi connectivity index (χ0) is 20.5. The number of aldehydes is 1. The van der Waals surface area contributed by atoms with Gasteiger partial charge in [0.05, 0.1) is 31.2 Å². The summed E-state index contributed by atoms with van der Waals surface area (Å²) in [5.74, 6) is 0.538. The molecule has 1 amide bonds. The van der Waals surface area contributed by atoms with Crippen molar-refractivity contribution in [1.29, 1.82) is 0 Å². The van der Waals surface area contributed by atoms with Gasteiger partial charge < -0.3 is 25.1 Å². The second-order valence-electron chi connectivity index (χ2n) is 5.88. The third-order valence-corrected chi connectivity index (χ3v) is 5.24. The van der Waals surface area contributed by atoms with Gasteiger partial charge in [-0.1, -0.05) is 22.9 Å². The summed E-state index contributed by atoms with van der Waals surface area (Å²) in [6, 6.07) is 1.89. The predicted octanol–water partition coefficient (Wildman–Crippen LogP) is 2.52. The zero-order valence-electron chi connectivity index (χ0n) is 16.1. The number of hydrogen-bond acceptors (Lipinski definition) is 8. The molecule has 10 heteroatoms. The van der Waals surface area contributed by atoms with E-state index < -0.39 is 0 Å². The molecule has 152 valence electrons. The number of methoxy groups -OCH3 is 1. The van der Waals surface area contributed by atoms with Gasteiger partial charge in [-0.05, 0) is 14.0 Å². The highest BCUT2D eigenvalue weighted by Gasteiger charge is 2.22. The molecule has 3 heterocycles. The molecule has 0 aliphatic carbocycles. The topological polar surface area (TPSA) is 96.5 Å². The van der Waals surface area contributed by atoms with Gasteiger partial charge in [0, 0.05) is 36.9 Å². The summed E-state index contributed by atoms with van der Waals surface area (Å²) in [6.45, 7) is 3.65. The number of halogens is 1. The predicted molar refractivity (Wildman–Crippen MR) is 112 cm³/mol. The number of hydrogen-bond donors (Lipinski definition) is 2. The van der Waals surface area contributed by atoms with Crippen molar-refractivity contribution >= 4 is 46.0 Å². The van der Waals surface area contributed by atoms with Crippen LogP contribution in [0.4, 0.5) is 10.8 Å². The quantitative estimate of drug-likeness (QED) is 0.542. The van der Waals surface area contributed by atoms with Crippen LogP contribution in [0, 0.1) is 0 Å². The number of thiazole rings is 1. The van der Waals surface area contributed by atoms with E-state index in [9.17, 15) is 4.79 Å². The number of anilines is 2. The summed E-state index contributed by atoms with van der Waals surface area (Å²) in [5.41, 5.74) is 2.01. The third-order valence-electron chi connectivity index (χ3n) is 3.96. The van der Waals surface area contributed by atoms with Crippen molar-refractivity contribution in [1.82, 2.24) is 15.3 Å². The number of ether oxygens (including phenoxy) is 1. The van der Waals surface area contributed by atoms with Gasteiger partial charge in [-0.2, -0.15) is 0 Å². The Morgan fingerprint density at radius 1 is 1.50 bits per heavy atom. The molecule has 0 bridgehead atoms. The molecule has 0 unspecified atom stereocenters. The molecule has 8 nitrogen and oxygen atoms in total. The van der Waals surface area contributed by atoms with E-state index in [0.29, 0.717) is 29.0 Å². The lowest BCUT2D eigenvalue weighted by molar-refractivity contribution is -0.116. The molecule has 2 aromatic rings. The monoisotopic (exact) mass is 425 g/mol. The maximum Gasteiger partial charge on any atom is 0.227 e. The van der Waals surface area contributed by atoms with Crippen LogP contribution in [-0.2, 0) is 22.6 Å². The van der Waals surface area contributed by atoms with E-state index in [1.807, 2.05) is 13.1 Å². The molecule has 2 aromatic heterocycles. The van der Waals surface area contributed by atoms with Crippen LogP contribution in [-0.4, -0.2) is 49.4 Å². The highest BCUT2D eigenvalue weighted by atomic mass is 35.5. The first-order chi connectivity index (χ1) is 13.5. The standard InChI is InChI=1S/C16H20ClN5O2S.C2H4O/c1-18-5-3-14(23)21-16-20-11-4-6-22(9-13(11)25-16)10-7-12(24-2)15(17)19-8-10;1-2-3/h7-8,18H,3-6,9H2,1-2H3,(H,20,21,23);2H,1H3. The molecule has 2 N–H and O–H groups in total. The lowest BCUT2D eigenvalue weighted by Gasteiger charge is -2.28. The largest absolute Gasteiger partial charge is 0.493 e. The van der Waals surface area contributed by atoms with Crippen molar-refractivity contribution in [2.24, 2.45) is 0 Å². The minimum atomic E-state index is -0.0241. The summed E-state index contributed by atoms with van der Waals surface area (Å²) in [4.78, 5) is 32.7. The van der Waals surface area contributed by atoms with Crippen molar-refractivity contribution in [2.45, 2.75) is 26.3 Å². The molecular weight excluding hydrogens is 402 g/mol. The van der Waals surface area contributed by atoms with Crippen LogP contribution in [0.1, 0.15) is 23.9 Å². The van der Waals surface area contributed by atoms with Gasteiger partial charge in [0.1, 0.15) is 6.29 Å². The van der Waals surface area contributed by atoms with Crippen LogP contribution in [0.3, 0.4) is 0 Å². The molecule has 0 spiro atoms. The third kappa shape index (κ3) is 5.88. The lowest BCUT2D eigenvalue weighted by atomic mass is 10.1. The molecule has 28 heavy (non-hydrogen) atoms. The number of amides is 1. The number of carbonyl (C=O) groups is 2. The van der Waals surface area contributed by atoms with Crippen LogP contribution in [0.2, 0.25) is 5.15 Å². The Morgan fingerprint density at radius 2 is 2.25 bits per heavy atom. The van der Waals surface area contributed by atoms with E-state index >= 15 is 0 Å². The molecule has 0 fully saturated rings. The molecule has 0 atom stereocenters. The normalized spacial score (nSPS) is 12.5. The van der Waals surface area contributed by atoms with E-state index in [1.54, 1.807) is 13.3 Å². The van der Waals surface area contributed by atoms with Crippen LogP contribution >= 0.6 is 22.9 Å². The first-order valence-corrected chi connectivity index (χ1v) is 9.99. The van der Waals surface area contributed by atoms with Crippen LogP contribution in [0.5, 0.6) is 5.75 Å². The minimum absolute atomic E-state index is 0.0241. The van der Waals surface area contributed by atoms with E-state index in [0.717, 1.165) is 42.1 Å². The first-order valence-electron chi connectivity index (χ1n) is 8.79. The Morgan fingerprint density at radius 3 is 2.93 bits per heavy atom. The smallest absolute Gasteiger partial charge is 0.227 e. The molecule has 0 saturated heterocycles. The zero-order valence-corrected chi connectivity index (χ0v) is 17.7. The molecule has 1 aliphatic rings. The van der Waals surface area contributed by atoms with Gasteiger partial charge in [0.15, 0.2) is 16.0 Å². The molecule has 0 aromatic carbocycles. The van der Waals surface area contributed by atoms with Gasteiger partial charge in [-0.3, -0.25) is 4.79 Å². The lowest BCUT2D eigenvalue weighted by Crippen LogP contribution is -2.29. The van der Waals surface area contributed by atoms with Crippen molar-refractivity contribution in [3.63, 3.8) is 0 Å². The Kier molecular flexibility index (Phi) is 8.62. The molecule has 3 rings (SSSR count). The van der Waals surface area contributed by atoms with Crippen LogP contribution in [0.15, 0.2) is 12.3 Å². The Bertz CT molecular complexity index is 815. The highest BCUT2D eigenvalue weighted by molar-refractivity contribution is 7.15. The summed E-state index contributed by atoms with van der Waals surface area (Å²) < 4.78 is 5.24. The van der Waals surface area contributed by atoms with Crippen molar-refractivity contribution in [3.8, 4) is 5.75 Å². The molecule has 1 aliphatic heterocycles. The van der Waals surface area contributed by atoms with E-state index in [4.69, 9.17) is 21.1 Å². The number of nitrogens with zero attached hydrogens (tertiary/aromatic N) is 3. The fourth-order valence-corrected chi connectivity index (χ4v) is 3.84. The Balaban J connectivity index is 0.000000878. The van der Waals surface area contributed by atoms with Crippen molar-refractivity contribution < 1.29 is 14.3 Å². The molecule has 0 radical (unpaired) electrons. The second-order valence-corrected chi connectivity index (χ2v) is 7.33. The molecular formula is C18H24ClN5O3S. The number of carbonyl (C=O) groups excluding carboxylic acids is 2. The minimum Gasteiger partial charge on any atom is -0.493 e. The van der Waals surface area contributed by atoms with Crippen molar-refractivity contribution in [3.05, 3.63) is 28.0 Å². The summed E-state index contributed by atoms with van der Waals surface area (Å²) in [6.07, 6.45) is 3.75. The van der Waals surface area contributed by atoms with Gasteiger partial charge >= 0.3 is 0 Å². The van der Waals surface area contributed by atoms with E-state index in [-0.39, 0.29) is 5.91 Å². The average molecular weight is 426 g/mol. The number of rotatable bonds is 6. The first kappa shape index (κ1) is 22.1. The van der Waals surface area contributed by atoms with Crippen molar-refractivity contribution in [2.75, 3.05) is 37.5 Å². The van der Waals surface area contributed by atoms with Crippen LogP contribution in [0.25, 0.3) is 0 Å². The molecule has 0 saturated carbocycles. The van der Waals surface area contributed by atoms with Crippen LogP contribution < -0.4 is 20.3 Å². The Hall–Kier alpha value is -2.23.